The standard InChI is InChI=1S/C16H25N2O7PS/c19-16(18-14-8-2-1-3-9-14)17-10-15(11-25-26(20,21)22)27(23,24)12-13-6-4-5-7-13/h1-3,8-9,13,15H,4-7,10-12H2,(H2,17,18,19)(H2,20,21,22). The van der Waals surface area contributed by atoms with E-state index in [4.69, 9.17) is 9.79 Å². The lowest BCUT2D eigenvalue weighted by Gasteiger charge is -2.20. The number of benzene rings is 1. The van der Waals surface area contributed by atoms with Gasteiger partial charge in [-0.1, -0.05) is 31.0 Å². The molecule has 0 radical (unpaired) electrons. The van der Waals surface area contributed by atoms with Gasteiger partial charge in [0.05, 0.1) is 12.4 Å². The van der Waals surface area contributed by atoms with Crippen molar-refractivity contribution in [1.82, 2.24) is 5.32 Å². The van der Waals surface area contributed by atoms with E-state index in [2.05, 4.69) is 15.2 Å². The number of urea groups is 1. The number of para-hydroxylation sites is 1. The number of rotatable bonds is 9. The minimum Gasteiger partial charge on any atom is -0.336 e. The van der Waals surface area contributed by atoms with Crippen LogP contribution in [0.2, 0.25) is 0 Å². The molecule has 1 fully saturated rings. The number of hydrogen-bond acceptors (Lipinski definition) is 5. The maximum absolute atomic E-state index is 12.7. The van der Waals surface area contributed by atoms with Crippen LogP contribution in [-0.4, -0.2) is 48.4 Å². The fourth-order valence-corrected chi connectivity index (χ4v) is 5.36. The van der Waals surface area contributed by atoms with Gasteiger partial charge in [0.2, 0.25) is 0 Å². The summed E-state index contributed by atoms with van der Waals surface area (Å²) in [4.78, 5) is 29.7. The Morgan fingerprint density at radius 2 is 1.85 bits per heavy atom. The van der Waals surface area contributed by atoms with Crippen LogP contribution in [0.15, 0.2) is 30.3 Å². The highest BCUT2D eigenvalue weighted by Gasteiger charge is 2.32. The maximum Gasteiger partial charge on any atom is 0.469 e. The lowest BCUT2D eigenvalue weighted by Crippen LogP contribution is -2.42. The molecule has 0 aromatic heterocycles. The fourth-order valence-electron chi connectivity index (χ4n) is 3.01. The van der Waals surface area contributed by atoms with Gasteiger partial charge < -0.3 is 20.4 Å². The first-order valence-corrected chi connectivity index (χ1v) is 11.9. The number of sulfone groups is 1. The van der Waals surface area contributed by atoms with Gasteiger partial charge >= 0.3 is 13.9 Å². The van der Waals surface area contributed by atoms with Gasteiger partial charge in [0.25, 0.3) is 0 Å². The van der Waals surface area contributed by atoms with Crippen molar-refractivity contribution in [2.45, 2.75) is 30.9 Å². The third-order valence-electron chi connectivity index (χ3n) is 4.40. The van der Waals surface area contributed by atoms with Crippen LogP contribution in [0.4, 0.5) is 10.5 Å². The molecular formula is C16H25N2O7PS. The Hall–Kier alpha value is -1.45. The zero-order valence-corrected chi connectivity index (χ0v) is 16.5. The summed E-state index contributed by atoms with van der Waals surface area (Å²) in [6.45, 7) is -1.00. The predicted molar refractivity (Wildman–Crippen MR) is 101 cm³/mol. The molecule has 0 bridgehead atoms. The minimum absolute atomic E-state index is 0.0331. The molecule has 1 unspecified atom stereocenters. The van der Waals surface area contributed by atoms with E-state index in [0.717, 1.165) is 25.7 Å². The molecule has 11 heteroatoms. The summed E-state index contributed by atoms with van der Waals surface area (Å²) in [5.41, 5.74) is 0.534. The highest BCUT2D eigenvalue weighted by atomic mass is 32.2. The van der Waals surface area contributed by atoms with Crippen LogP contribution in [0.3, 0.4) is 0 Å². The van der Waals surface area contributed by atoms with Gasteiger partial charge in [0, 0.05) is 12.2 Å². The van der Waals surface area contributed by atoms with E-state index in [0.29, 0.717) is 5.69 Å². The molecule has 0 aliphatic heterocycles. The molecule has 1 atom stereocenters. The number of carbonyl (C=O) groups excluding carboxylic acids is 1. The first-order valence-electron chi connectivity index (χ1n) is 8.67. The van der Waals surface area contributed by atoms with E-state index in [9.17, 15) is 17.8 Å². The molecule has 1 aromatic rings. The van der Waals surface area contributed by atoms with Crippen molar-refractivity contribution >= 4 is 29.4 Å². The Bertz CT molecular complexity index is 760. The Morgan fingerprint density at radius 1 is 1.22 bits per heavy atom. The lowest BCUT2D eigenvalue weighted by atomic mass is 10.1. The Kier molecular flexibility index (Phi) is 7.81. The number of anilines is 1. The molecule has 1 aromatic carbocycles. The molecule has 0 heterocycles. The Morgan fingerprint density at radius 3 is 2.44 bits per heavy atom. The van der Waals surface area contributed by atoms with Gasteiger partial charge in [-0.25, -0.2) is 17.8 Å². The van der Waals surface area contributed by atoms with Crippen molar-refractivity contribution in [3.63, 3.8) is 0 Å². The van der Waals surface area contributed by atoms with E-state index in [1.807, 2.05) is 0 Å². The summed E-state index contributed by atoms with van der Waals surface area (Å²) < 4.78 is 40.7. The SMILES string of the molecule is O=C(NCC(COP(=O)(O)O)S(=O)(=O)CC1CCCC1)Nc1ccccc1. The summed E-state index contributed by atoms with van der Waals surface area (Å²) in [6.07, 6.45) is 3.57. The normalized spacial score (nSPS) is 16.8. The molecule has 2 amide bonds. The van der Waals surface area contributed by atoms with Gasteiger partial charge in [0.1, 0.15) is 5.25 Å². The average molecular weight is 420 g/mol. The Labute approximate surface area is 158 Å². The number of hydrogen-bond donors (Lipinski definition) is 4. The van der Waals surface area contributed by atoms with Crippen LogP contribution < -0.4 is 10.6 Å². The van der Waals surface area contributed by atoms with Crippen LogP contribution in [-0.2, 0) is 18.9 Å². The number of phosphoric acid groups is 1. The Balaban J connectivity index is 1.98. The van der Waals surface area contributed by atoms with E-state index in [1.165, 1.54) is 0 Å². The first-order chi connectivity index (χ1) is 12.7. The minimum atomic E-state index is -4.82. The van der Waals surface area contributed by atoms with E-state index in [1.54, 1.807) is 30.3 Å². The van der Waals surface area contributed by atoms with Crippen LogP contribution in [0.1, 0.15) is 25.7 Å². The predicted octanol–water partition coefficient (Wildman–Crippen LogP) is 1.89. The zero-order valence-electron chi connectivity index (χ0n) is 14.8. The third-order valence-corrected chi connectivity index (χ3v) is 7.14. The smallest absolute Gasteiger partial charge is 0.336 e. The molecule has 1 aliphatic carbocycles. The topological polar surface area (TPSA) is 142 Å². The second-order valence-electron chi connectivity index (χ2n) is 6.59. The molecule has 27 heavy (non-hydrogen) atoms. The molecule has 1 aliphatic rings. The molecule has 1 saturated carbocycles. The third kappa shape index (κ3) is 7.98. The first kappa shape index (κ1) is 21.8. The molecule has 0 saturated heterocycles. The number of carbonyl (C=O) groups is 1. The van der Waals surface area contributed by atoms with Crippen molar-refractivity contribution < 1.29 is 32.1 Å². The van der Waals surface area contributed by atoms with Crippen LogP contribution in [0.25, 0.3) is 0 Å². The molecule has 0 spiro atoms. The van der Waals surface area contributed by atoms with E-state index in [-0.39, 0.29) is 18.2 Å². The van der Waals surface area contributed by atoms with Gasteiger partial charge in [-0.2, -0.15) is 0 Å². The van der Waals surface area contributed by atoms with Gasteiger partial charge in [-0.15, -0.1) is 0 Å². The van der Waals surface area contributed by atoms with Gasteiger partial charge in [-0.05, 0) is 30.9 Å². The zero-order chi connectivity index (χ0) is 19.9. The monoisotopic (exact) mass is 420 g/mol. The highest BCUT2D eigenvalue weighted by molar-refractivity contribution is 7.92. The fraction of sp³-hybridized carbons (Fsp3) is 0.562. The summed E-state index contributed by atoms with van der Waals surface area (Å²) in [5, 5.41) is 3.75. The van der Waals surface area contributed by atoms with Gasteiger partial charge in [0.15, 0.2) is 9.84 Å². The van der Waals surface area contributed by atoms with Crippen molar-refractivity contribution in [3.05, 3.63) is 30.3 Å². The lowest BCUT2D eigenvalue weighted by molar-refractivity contribution is 0.195. The van der Waals surface area contributed by atoms with Crippen molar-refractivity contribution in [2.75, 3.05) is 24.2 Å². The van der Waals surface area contributed by atoms with Crippen LogP contribution in [0, 0.1) is 5.92 Å². The molecular weight excluding hydrogens is 395 g/mol. The van der Waals surface area contributed by atoms with Crippen LogP contribution in [0.5, 0.6) is 0 Å². The molecule has 9 nitrogen and oxygen atoms in total. The van der Waals surface area contributed by atoms with Crippen molar-refractivity contribution in [2.24, 2.45) is 5.92 Å². The molecule has 2 rings (SSSR count). The van der Waals surface area contributed by atoms with Crippen molar-refractivity contribution in [3.8, 4) is 0 Å². The second-order valence-corrected chi connectivity index (χ2v) is 10.2. The van der Waals surface area contributed by atoms with E-state index >= 15 is 0 Å². The number of amides is 2. The van der Waals surface area contributed by atoms with Crippen molar-refractivity contribution in [1.29, 1.82) is 0 Å². The highest BCUT2D eigenvalue weighted by Crippen LogP contribution is 2.36. The quantitative estimate of drug-likeness (QED) is 0.447. The van der Waals surface area contributed by atoms with Gasteiger partial charge in [-0.3, -0.25) is 4.52 Å². The maximum atomic E-state index is 12.7. The number of nitrogens with one attached hydrogen (secondary N) is 2. The average Bonchev–Trinajstić information content (AvgIpc) is 3.06. The summed E-state index contributed by atoms with van der Waals surface area (Å²) in [5.74, 6) is -0.0461. The summed E-state index contributed by atoms with van der Waals surface area (Å²) >= 11 is 0. The number of phosphoric ester groups is 1. The van der Waals surface area contributed by atoms with E-state index < -0.39 is 35.5 Å². The largest absolute Gasteiger partial charge is 0.469 e. The summed E-state index contributed by atoms with van der Waals surface area (Å²) in [7, 11) is -8.53. The summed E-state index contributed by atoms with van der Waals surface area (Å²) in [6, 6.07) is 7.99. The molecule has 152 valence electrons. The van der Waals surface area contributed by atoms with Crippen LogP contribution >= 0.6 is 7.82 Å². The second kappa shape index (κ2) is 9.66. The molecule has 4 N–H and O–H groups in total.